The molecule has 1 unspecified atom stereocenters. The van der Waals surface area contributed by atoms with Crippen molar-refractivity contribution in [3.8, 4) is 23.0 Å². The van der Waals surface area contributed by atoms with Gasteiger partial charge in [-0.25, -0.2) is 0 Å². The van der Waals surface area contributed by atoms with Crippen LogP contribution in [0.25, 0.3) is 0 Å². The van der Waals surface area contributed by atoms with Gasteiger partial charge < -0.3 is 24.1 Å². The second-order valence-electron chi connectivity index (χ2n) is 8.01. The molecule has 8 nitrogen and oxygen atoms in total. The summed E-state index contributed by atoms with van der Waals surface area (Å²) >= 11 is 1.30. The van der Waals surface area contributed by atoms with Gasteiger partial charge in [0.1, 0.15) is 12.4 Å². The van der Waals surface area contributed by atoms with Crippen LogP contribution in [0.4, 0.5) is 5.69 Å². The highest BCUT2D eigenvalue weighted by Gasteiger charge is 2.27. The van der Waals surface area contributed by atoms with Gasteiger partial charge in [-0.2, -0.15) is 0 Å². The average Bonchev–Trinajstić information content (AvgIpc) is 3.25. The first kappa shape index (κ1) is 22.8. The Labute approximate surface area is 207 Å². The number of aromatic nitrogens is 3. The Morgan fingerprint density at radius 1 is 1.06 bits per heavy atom. The number of ether oxygens (including phenoxy) is 3. The lowest BCUT2D eigenvalue weighted by Gasteiger charge is -2.25. The zero-order chi connectivity index (χ0) is 24.2. The number of thioether (sulfide) groups is 1. The molecule has 0 bridgehead atoms. The summed E-state index contributed by atoms with van der Waals surface area (Å²) in [4.78, 5) is 12.7. The van der Waals surface area contributed by atoms with Crippen LogP contribution < -0.4 is 19.5 Å². The zero-order valence-electron chi connectivity index (χ0n) is 19.3. The summed E-state index contributed by atoms with van der Waals surface area (Å²) in [7, 11) is 1.85. The Morgan fingerprint density at radius 2 is 1.80 bits per heavy atom. The third-order valence-electron chi connectivity index (χ3n) is 5.41. The van der Waals surface area contributed by atoms with Crippen LogP contribution in [-0.2, 0) is 11.8 Å². The van der Waals surface area contributed by atoms with Crippen LogP contribution in [0.2, 0.25) is 0 Å². The Balaban J connectivity index is 1.20. The normalized spacial score (nSPS) is 14.4. The highest BCUT2D eigenvalue weighted by atomic mass is 32.2. The van der Waals surface area contributed by atoms with Crippen molar-refractivity contribution in [2.45, 2.75) is 18.2 Å². The fraction of sp³-hybridized carbons (Fsp3) is 0.192. The van der Waals surface area contributed by atoms with Crippen LogP contribution in [0.15, 0.2) is 78.0 Å². The monoisotopic (exact) mass is 488 g/mol. The van der Waals surface area contributed by atoms with Gasteiger partial charge in [-0.05, 0) is 43.3 Å². The molecule has 1 aromatic heterocycles. The van der Waals surface area contributed by atoms with Gasteiger partial charge >= 0.3 is 0 Å². The first-order valence-corrected chi connectivity index (χ1v) is 12.1. The number of hydrogen-bond donors (Lipinski definition) is 1. The van der Waals surface area contributed by atoms with E-state index in [1.807, 2.05) is 91.3 Å². The Hall–Kier alpha value is -3.98. The Kier molecular flexibility index (Phi) is 6.58. The minimum absolute atomic E-state index is 0.162. The molecule has 1 atom stereocenters. The van der Waals surface area contributed by atoms with Crippen LogP contribution >= 0.6 is 11.8 Å². The number of anilines is 1. The SMILES string of the molecule is Cc1ccc(Oc2ccccc2NC(=O)CSc2nnc(C3COc4ccccc4O3)n2C)cc1. The average molecular weight is 489 g/mol. The molecule has 1 N–H and O–H groups in total. The molecule has 1 amide bonds. The molecule has 0 radical (unpaired) electrons. The number of nitrogens with one attached hydrogen (secondary N) is 1. The Bertz CT molecular complexity index is 1340. The van der Waals surface area contributed by atoms with Crippen LogP contribution in [0, 0.1) is 6.92 Å². The van der Waals surface area contributed by atoms with E-state index in [2.05, 4.69) is 15.5 Å². The molecule has 1 aliphatic heterocycles. The molecular formula is C26H24N4O4S. The van der Waals surface area contributed by atoms with E-state index in [4.69, 9.17) is 14.2 Å². The summed E-state index contributed by atoms with van der Waals surface area (Å²) in [5, 5.41) is 12.1. The molecule has 9 heteroatoms. The molecule has 3 aromatic carbocycles. The van der Waals surface area contributed by atoms with E-state index >= 15 is 0 Å². The van der Waals surface area contributed by atoms with Crippen molar-refractivity contribution in [2.24, 2.45) is 7.05 Å². The second kappa shape index (κ2) is 10.1. The summed E-state index contributed by atoms with van der Waals surface area (Å²) in [6, 6.07) is 22.6. The van der Waals surface area contributed by atoms with Crippen molar-refractivity contribution in [1.29, 1.82) is 0 Å². The summed E-state index contributed by atoms with van der Waals surface area (Å²) in [6.45, 7) is 2.36. The van der Waals surface area contributed by atoms with Gasteiger partial charge in [0.15, 0.2) is 34.3 Å². The third-order valence-corrected chi connectivity index (χ3v) is 6.43. The van der Waals surface area contributed by atoms with E-state index in [-0.39, 0.29) is 17.8 Å². The first-order chi connectivity index (χ1) is 17.1. The number of carbonyl (C=O) groups excluding carboxylic acids is 1. The first-order valence-electron chi connectivity index (χ1n) is 11.1. The zero-order valence-corrected chi connectivity index (χ0v) is 20.1. The van der Waals surface area contributed by atoms with Gasteiger partial charge in [0.25, 0.3) is 0 Å². The third kappa shape index (κ3) is 5.25. The number of carbonyl (C=O) groups is 1. The number of para-hydroxylation sites is 4. The summed E-state index contributed by atoms with van der Waals surface area (Å²) in [5.74, 6) is 3.29. The molecular weight excluding hydrogens is 464 g/mol. The Morgan fingerprint density at radius 3 is 2.63 bits per heavy atom. The molecule has 178 valence electrons. The maximum Gasteiger partial charge on any atom is 0.234 e. The standard InChI is InChI=1S/C26H24N4O4S/c1-17-11-13-18(14-12-17)33-20-8-4-3-7-19(20)27-24(31)16-35-26-29-28-25(30(26)2)23-15-32-21-9-5-6-10-22(21)34-23/h3-14,23H,15-16H2,1-2H3,(H,27,31). The van der Waals surface area contributed by atoms with Gasteiger partial charge in [0.2, 0.25) is 5.91 Å². The van der Waals surface area contributed by atoms with Crippen molar-refractivity contribution in [2.75, 3.05) is 17.7 Å². The van der Waals surface area contributed by atoms with Gasteiger partial charge in [0.05, 0.1) is 11.4 Å². The van der Waals surface area contributed by atoms with E-state index in [9.17, 15) is 4.79 Å². The lowest BCUT2D eigenvalue weighted by molar-refractivity contribution is -0.113. The van der Waals surface area contributed by atoms with E-state index in [1.165, 1.54) is 11.8 Å². The van der Waals surface area contributed by atoms with Crippen molar-refractivity contribution >= 4 is 23.4 Å². The summed E-state index contributed by atoms with van der Waals surface area (Å²) < 4.78 is 19.6. The predicted molar refractivity (Wildman–Crippen MR) is 133 cm³/mol. The molecule has 4 aromatic rings. The number of benzene rings is 3. The van der Waals surface area contributed by atoms with Crippen LogP contribution in [0.3, 0.4) is 0 Å². The highest BCUT2D eigenvalue weighted by Crippen LogP contribution is 2.36. The molecule has 0 spiro atoms. The van der Waals surface area contributed by atoms with E-state index < -0.39 is 0 Å². The highest BCUT2D eigenvalue weighted by molar-refractivity contribution is 7.99. The number of aryl methyl sites for hydroxylation is 1. The predicted octanol–water partition coefficient (Wildman–Crippen LogP) is 5.16. The number of fused-ring (bicyclic) bond motifs is 1. The van der Waals surface area contributed by atoms with Crippen LogP contribution in [-0.4, -0.2) is 33.0 Å². The number of hydrogen-bond acceptors (Lipinski definition) is 7. The van der Waals surface area contributed by atoms with Gasteiger partial charge in [-0.1, -0.05) is 53.7 Å². The second-order valence-corrected chi connectivity index (χ2v) is 8.95. The summed E-state index contributed by atoms with van der Waals surface area (Å²) in [5.41, 5.74) is 1.75. The van der Waals surface area contributed by atoms with Crippen molar-refractivity contribution < 1.29 is 19.0 Å². The smallest absolute Gasteiger partial charge is 0.234 e. The molecule has 0 saturated heterocycles. The van der Waals surface area contributed by atoms with E-state index in [0.717, 1.165) is 5.56 Å². The van der Waals surface area contributed by atoms with E-state index in [1.54, 1.807) is 0 Å². The molecule has 0 saturated carbocycles. The maximum absolute atomic E-state index is 12.7. The number of nitrogens with zero attached hydrogens (tertiary/aromatic N) is 3. The molecule has 5 rings (SSSR count). The van der Waals surface area contributed by atoms with Gasteiger partial charge in [-0.15, -0.1) is 10.2 Å². The largest absolute Gasteiger partial charge is 0.485 e. The lowest BCUT2D eigenvalue weighted by atomic mass is 10.2. The molecule has 0 fully saturated rings. The van der Waals surface area contributed by atoms with Crippen molar-refractivity contribution in [3.63, 3.8) is 0 Å². The number of amides is 1. The topological polar surface area (TPSA) is 87.5 Å². The molecule has 0 aliphatic carbocycles. The van der Waals surface area contributed by atoms with Crippen LogP contribution in [0.5, 0.6) is 23.0 Å². The number of rotatable bonds is 7. The maximum atomic E-state index is 12.7. The molecule has 2 heterocycles. The minimum Gasteiger partial charge on any atom is -0.485 e. The lowest BCUT2D eigenvalue weighted by Crippen LogP contribution is -2.24. The van der Waals surface area contributed by atoms with Crippen LogP contribution in [0.1, 0.15) is 17.5 Å². The molecule has 35 heavy (non-hydrogen) atoms. The van der Waals surface area contributed by atoms with Gasteiger partial charge in [-0.3, -0.25) is 4.79 Å². The fourth-order valence-corrected chi connectivity index (χ4v) is 4.31. The fourth-order valence-electron chi connectivity index (χ4n) is 3.59. The summed E-state index contributed by atoms with van der Waals surface area (Å²) in [6.07, 6.45) is -0.378. The van der Waals surface area contributed by atoms with E-state index in [0.29, 0.717) is 46.3 Å². The molecule has 1 aliphatic rings. The van der Waals surface area contributed by atoms with Gasteiger partial charge in [0, 0.05) is 7.05 Å². The minimum atomic E-state index is -0.378. The van der Waals surface area contributed by atoms with Crippen molar-refractivity contribution in [3.05, 3.63) is 84.2 Å². The quantitative estimate of drug-likeness (QED) is 0.360. The van der Waals surface area contributed by atoms with Crippen molar-refractivity contribution in [1.82, 2.24) is 14.8 Å².